The highest BCUT2D eigenvalue weighted by Crippen LogP contribution is 2.30. The van der Waals surface area contributed by atoms with Gasteiger partial charge in [-0.05, 0) is 44.0 Å². The lowest BCUT2D eigenvalue weighted by Crippen LogP contribution is -2.20. The molecule has 1 aromatic carbocycles. The Labute approximate surface area is 132 Å². The van der Waals surface area contributed by atoms with E-state index in [0.29, 0.717) is 23.3 Å². The molecule has 2 N–H and O–H groups in total. The maximum atomic E-state index is 10.1. The van der Waals surface area contributed by atoms with Crippen LogP contribution >= 0.6 is 11.6 Å². The standard InChI is InChI=1S/C17H26ClNO2/c1-12(19-2)14-7-8-17(16(18)10-14)21-11-15(20)9-13-5-3-4-6-13/h7-8,10,12-13,15,19-20H,3-6,9,11H2,1-2H3. The Bertz CT molecular complexity index is 446. The highest BCUT2D eigenvalue weighted by Gasteiger charge is 2.19. The molecule has 0 radical (unpaired) electrons. The van der Waals surface area contributed by atoms with Gasteiger partial charge in [0.25, 0.3) is 0 Å². The van der Waals surface area contributed by atoms with Crippen LogP contribution in [0.15, 0.2) is 18.2 Å². The number of aliphatic hydroxyl groups excluding tert-OH is 1. The molecule has 1 saturated carbocycles. The van der Waals surface area contributed by atoms with Crippen molar-refractivity contribution in [2.45, 2.75) is 51.2 Å². The molecule has 0 bridgehead atoms. The van der Waals surface area contributed by atoms with E-state index >= 15 is 0 Å². The lowest BCUT2D eigenvalue weighted by Gasteiger charge is -2.17. The first-order valence-electron chi connectivity index (χ1n) is 7.87. The van der Waals surface area contributed by atoms with Crippen molar-refractivity contribution >= 4 is 11.6 Å². The molecule has 4 heteroatoms. The van der Waals surface area contributed by atoms with Crippen LogP contribution in [0.5, 0.6) is 5.75 Å². The number of hydrogen-bond acceptors (Lipinski definition) is 3. The molecule has 0 aliphatic heterocycles. The molecular weight excluding hydrogens is 286 g/mol. The van der Waals surface area contributed by atoms with Crippen LogP contribution in [0.4, 0.5) is 0 Å². The third-order valence-corrected chi connectivity index (χ3v) is 4.70. The number of benzene rings is 1. The topological polar surface area (TPSA) is 41.5 Å². The quantitative estimate of drug-likeness (QED) is 0.801. The molecule has 0 aromatic heterocycles. The van der Waals surface area contributed by atoms with E-state index in [1.807, 2.05) is 25.2 Å². The molecule has 0 heterocycles. The normalized spacial score (nSPS) is 18.7. The molecular formula is C17H26ClNO2. The van der Waals surface area contributed by atoms with E-state index in [2.05, 4.69) is 12.2 Å². The summed E-state index contributed by atoms with van der Waals surface area (Å²) in [6, 6.07) is 6.06. The summed E-state index contributed by atoms with van der Waals surface area (Å²) in [5.41, 5.74) is 1.13. The monoisotopic (exact) mass is 311 g/mol. The van der Waals surface area contributed by atoms with Gasteiger partial charge in [0.1, 0.15) is 12.4 Å². The Kier molecular flexibility index (Phi) is 6.34. The Morgan fingerprint density at radius 1 is 1.38 bits per heavy atom. The van der Waals surface area contributed by atoms with Crippen molar-refractivity contribution in [2.24, 2.45) is 5.92 Å². The van der Waals surface area contributed by atoms with Crippen molar-refractivity contribution in [1.29, 1.82) is 0 Å². The first-order chi connectivity index (χ1) is 10.1. The van der Waals surface area contributed by atoms with E-state index in [9.17, 15) is 5.11 Å². The molecule has 2 atom stereocenters. The molecule has 1 aliphatic carbocycles. The zero-order chi connectivity index (χ0) is 15.2. The van der Waals surface area contributed by atoms with Crippen LogP contribution in [-0.2, 0) is 0 Å². The molecule has 118 valence electrons. The summed E-state index contributed by atoms with van der Waals surface area (Å²) < 4.78 is 5.67. The van der Waals surface area contributed by atoms with Crippen molar-refractivity contribution in [2.75, 3.05) is 13.7 Å². The number of halogens is 1. The van der Waals surface area contributed by atoms with Crippen molar-refractivity contribution in [3.63, 3.8) is 0 Å². The number of nitrogens with one attached hydrogen (secondary N) is 1. The fraction of sp³-hybridized carbons (Fsp3) is 0.647. The Morgan fingerprint density at radius 3 is 2.71 bits per heavy atom. The fourth-order valence-electron chi connectivity index (χ4n) is 2.96. The minimum Gasteiger partial charge on any atom is -0.489 e. The SMILES string of the molecule is CNC(C)c1ccc(OCC(O)CC2CCCC2)c(Cl)c1. The Hall–Kier alpha value is -0.770. The first kappa shape index (κ1) is 16.6. The fourth-order valence-corrected chi connectivity index (χ4v) is 3.20. The summed E-state index contributed by atoms with van der Waals surface area (Å²) in [6.07, 6.45) is 5.53. The van der Waals surface area contributed by atoms with Crippen LogP contribution in [0.3, 0.4) is 0 Å². The highest BCUT2D eigenvalue weighted by molar-refractivity contribution is 6.32. The van der Waals surface area contributed by atoms with Gasteiger partial charge in [-0.1, -0.05) is 43.4 Å². The van der Waals surface area contributed by atoms with E-state index < -0.39 is 6.10 Å². The van der Waals surface area contributed by atoms with Crippen molar-refractivity contribution in [1.82, 2.24) is 5.32 Å². The lowest BCUT2D eigenvalue weighted by molar-refractivity contribution is 0.0856. The van der Waals surface area contributed by atoms with Gasteiger partial charge in [0.05, 0.1) is 11.1 Å². The van der Waals surface area contributed by atoms with Crippen LogP contribution in [0.25, 0.3) is 0 Å². The summed E-state index contributed by atoms with van der Waals surface area (Å²) in [7, 11) is 1.92. The van der Waals surface area contributed by atoms with Crippen LogP contribution in [0.1, 0.15) is 50.6 Å². The Balaban J connectivity index is 1.84. The van der Waals surface area contributed by atoms with E-state index in [1.165, 1.54) is 25.7 Å². The molecule has 2 rings (SSSR count). The average molecular weight is 312 g/mol. The molecule has 0 amide bonds. The molecule has 2 unspecified atom stereocenters. The molecule has 1 aliphatic rings. The zero-order valence-electron chi connectivity index (χ0n) is 12.9. The maximum Gasteiger partial charge on any atom is 0.138 e. The molecule has 1 fully saturated rings. The molecule has 0 spiro atoms. The van der Waals surface area contributed by atoms with Gasteiger partial charge in [-0.25, -0.2) is 0 Å². The third kappa shape index (κ3) is 4.87. The van der Waals surface area contributed by atoms with Crippen molar-refractivity contribution < 1.29 is 9.84 Å². The van der Waals surface area contributed by atoms with Gasteiger partial charge in [0.2, 0.25) is 0 Å². The van der Waals surface area contributed by atoms with Gasteiger partial charge in [-0.15, -0.1) is 0 Å². The molecule has 21 heavy (non-hydrogen) atoms. The van der Waals surface area contributed by atoms with Gasteiger partial charge in [0, 0.05) is 6.04 Å². The first-order valence-corrected chi connectivity index (χ1v) is 8.25. The Morgan fingerprint density at radius 2 is 2.10 bits per heavy atom. The van der Waals surface area contributed by atoms with E-state index in [-0.39, 0.29) is 6.04 Å². The maximum absolute atomic E-state index is 10.1. The second kappa shape index (κ2) is 8.02. The third-order valence-electron chi connectivity index (χ3n) is 4.40. The van der Waals surface area contributed by atoms with Gasteiger partial charge in [-0.2, -0.15) is 0 Å². The van der Waals surface area contributed by atoms with E-state index in [4.69, 9.17) is 16.3 Å². The molecule has 1 aromatic rings. The van der Waals surface area contributed by atoms with Gasteiger partial charge >= 0.3 is 0 Å². The summed E-state index contributed by atoms with van der Waals surface area (Å²) in [6.45, 7) is 2.40. The van der Waals surface area contributed by atoms with Crippen molar-refractivity contribution in [3.05, 3.63) is 28.8 Å². The number of ether oxygens (including phenoxy) is 1. The van der Waals surface area contributed by atoms with Gasteiger partial charge < -0.3 is 15.2 Å². The van der Waals surface area contributed by atoms with Crippen LogP contribution in [0.2, 0.25) is 5.02 Å². The zero-order valence-corrected chi connectivity index (χ0v) is 13.7. The minimum absolute atomic E-state index is 0.254. The van der Waals surface area contributed by atoms with Crippen LogP contribution in [-0.4, -0.2) is 24.9 Å². The smallest absolute Gasteiger partial charge is 0.138 e. The average Bonchev–Trinajstić information content (AvgIpc) is 2.98. The minimum atomic E-state index is -0.403. The van der Waals surface area contributed by atoms with E-state index in [1.54, 1.807) is 0 Å². The van der Waals surface area contributed by atoms with Crippen LogP contribution in [0, 0.1) is 5.92 Å². The predicted octanol–water partition coefficient (Wildman–Crippen LogP) is 3.94. The summed E-state index contributed by atoms with van der Waals surface area (Å²) in [5, 5.41) is 13.8. The number of rotatable bonds is 7. The largest absolute Gasteiger partial charge is 0.489 e. The lowest BCUT2D eigenvalue weighted by atomic mass is 10.0. The summed E-state index contributed by atoms with van der Waals surface area (Å²) in [4.78, 5) is 0. The van der Waals surface area contributed by atoms with Crippen molar-refractivity contribution in [3.8, 4) is 5.75 Å². The number of aliphatic hydroxyl groups is 1. The summed E-state index contributed by atoms with van der Waals surface area (Å²) >= 11 is 6.25. The van der Waals surface area contributed by atoms with E-state index in [0.717, 1.165) is 12.0 Å². The summed E-state index contributed by atoms with van der Waals surface area (Å²) in [5.74, 6) is 1.31. The molecule has 3 nitrogen and oxygen atoms in total. The second-order valence-corrected chi connectivity index (χ2v) is 6.46. The second-order valence-electron chi connectivity index (χ2n) is 6.05. The van der Waals surface area contributed by atoms with Crippen LogP contribution < -0.4 is 10.1 Å². The molecule has 0 saturated heterocycles. The predicted molar refractivity (Wildman–Crippen MR) is 87.0 cm³/mol. The highest BCUT2D eigenvalue weighted by atomic mass is 35.5. The number of hydrogen-bond donors (Lipinski definition) is 2. The van der Waals surface area contributed by atoms with Gasteiger partial charge in [-0.3, -0.25) is 0 Å². The van der Waals surface area contributed by atoms with Gasteiger partial charge in [0.15, 0.2) is 0 Å².